The zero-order valence-corrected chi connectivity index (χ0v) is 16.6. The second-order valence-corrected chi connectivity index (χ2v) is 8.31. The number of nitrogens with one attached hydrogen (secondary N) is 1. The number of carbonyl (C=O) groups excluding carboxylic acids is 2. The summed E-state index contributed by atoms with van der Waals surface area (Å²) in [5.74, 6) is -0.228. The van der Waals surface area contributed by atoms with Crippen LogP contribution in [0.1, 0.15) is 22.5 Å². The first-order valence-corrected chi connectivity index (χ1v) is 10.6. The van der Waals surface area contributed by atoms with Crippen molar-refractivity contribution in [3.05, 3.63) is 64.9 Å². The first kappa shape index (κ1) is 17.9. The van der Waals surface area contributed by atoms with Gasteiger partial charge in [0.05, 0.1) is 10.8 Å². The van der Waals surface area contributed by atoms with Crippen LogP contribution in [0.4, 0.5) is 5.69 Å². The number of hydrogen-bond donors (Lipinski definition) is 1. The molecule has 1 aliphatic rings. The van der Waals surface area contributed by atoms with E-state index in [4.69, 9.17) is 4.42 Å². The van der Waals surface area contributed by atoms with Gasteiger partial charge in [-0.2, -0.15) is 0 Å². The highest BCUT2D eigenvalue weighted by Crippen LogP contribution is 2.31. The number of piperidine rings is 1. The van der Waals surface area contributed by atoms with Crippen LogP contribution in [0.5, 0.6) is 0 Å². The number of rotatable bonds is 3. The molecule has 1 atom stereocenters. The van der Waals surface area contributed by atoms with Gasteiger partial charge in [-0.05, 0) is 48.6 Å². The van der Waals surface area contributed by atoms with Crippen LogP contribution in [0.25, 0.3) is 21.9 Å². The van der Waals surface area contributed by atoms with Crippen LogP contribution in [-0.2, 0) is 4.79 Å². The van der Waals surface area contributed by atoms with Gasteiger partial charge in [0.25, 0.3) is 5.91 Å². The molecule has 1 fully saturated rings. The number of anilines is 1. The molecule has 6 heteroatoms. The highest BCUT2D eigenvalue weighted by molar-refractivity contribution is 7.12. The van der Waals surface area contributed by atoms with Gasteiger partial charge in [0.15, 0.2) is 0 Å². The standard InChI is InChI=1S/C23H20N2O3S/c26-22(15-5-3-11-25(14-15)23(27)21-8-4-12-29-21)24-16-9-10-20-18(13-16)17-6-1-2-7-19(17)28-20/h1-2,4,6-10,12-13,15H,3,5,11,14H2,(H,24,26)/t15-/m0/s1. The van der Waals surface area contributed by atoms with Crippen molar-refractivity contribution in [3.8, 4) is 0 Å². The fourth-order valence-corrected chi connectivity index (χ4v) is 4.67. The van der Waals surface area contributed by atoms with E-state index in [2.05, 4.69) is 5.32 Å². The second kappa shape index (κ2) is 7.37. The SMILES string of the molecule is O=C(Nc1ccc2oc3ccccc3c2c1)[C@H]1CCCN(C(=O)c2cccs2)C1. The number of carbonyl (C=O) groups is 2. The Kier molecular flexibility index (Phi) is 4.56. The Morgan fingerprint density at radius 3 is 2.76 bits per heavy atom. The van der Waals surface area contributed by atoms with E-state index in [-0.39, 0.29) is 17.7 Å². The highest BCUT2D eigenvalue weighted by atomic mass is 32.1. The predicted octanol–water partition coefficient (Wildman–Crippen LogP) is 5.14. The highest BCUT2D eigenvalue weighted by Gasteiger charge is 2.29. The number of fused-ring (bicyclic) bond motifs is 3. The van der Waals surface area contributed by atoms with Gasteiger partial charge in [0.2, 0.25) is 5.91 Å². The Morgan fingerprint density at radius 1 is 1.03 bits per heavy atom. The summed E-state index contributed by atoms with van der Waals surface area (Å²) in [5.41, 5.74) is 2.38. The number of benzene rings is 2. The van der Waals surface area contributed by atoms with E-state index in [9.17, 15) is 9.59 Å². The summed E-state index contributed by atoms with van der Waals surface area (Å²) in [7, 11) is 0. The summed E-state index contributed by atoms with van der Waals surface area (Å²) >= 11 is 1.44. The number of thiophene rings is 1. The van der Waals surface area contributed by atoms with Gasteiger partial charge in [-0.3, -0.25) is 9.59 Å². The molecule has 2 amide bonds. The van der Waals surface area contributed by atoms with Crippen LogP contribution >= 0.6 is 11.3 Å². The van der Waals surface area contributed by atoms with Crippen LogP contribution in [-0.4, -0.2) is 29.8 Å². The summed E-state index contributed by atoms with van der Waals surface area (Å²) in [6, 6.07) is 17.3. The predicted molar refractivity (Wildman–Crippen MR) is 115 cm³/mol. The van der Waals surface area contributed by atoms with E-state index < -0.39 is 0 Å². The van der Waals surface area contributed by atoms with Crippen molar-refractivity contribution in [2.45, 2.75) is 12.8 Å². The fourth-order valence-electron chi connectivity index (χ4n) is 3.98. The Morgan fingerprint density at radius 2 is 1.90 bits per heavy atom. The minimum absolute atomic E-state index is 0.0174. The number of nitrogens with zero attached hydrogens (tertiary/aromatic N) is 1. The van der Waals surface area contributed by atoms with Crippen LogP contribution in [0.3, 0.4) is 0 Å². The van der Waals surface area contributed by atoms with E-state index in [1.807, 2.05) is 60.0 Å². The summed E-state index contributed by atoms with van der Waals surface area (Å²) in [6.45, 7) is 1.16. The largest absolute Gasteiger partial charge is 0.456 e. The minimum atomic E-state index is -0.204. The van der Waals surface area contributed by atoms with Crippen molar-refractivity contribution in [1.29, 1.82) is 0 Å². The molecule has 4 aromatic rings. The van der Waals surface area contributed by atoms with E-state index in [1.165, 1.54) is 11.3 Å². The van der Waals surface area contributed by atoms with Crippen LogP contribution in [0, 0.1) is 5.92 Å². The third kappa shape index (κ3) is 3.40. The number of likely N-dealkylation sites (tertiary alicyclic amines) is 1. The number of amides is 2. The maximum absolute atomic E-state index is 12.9. The Hall–Kier alpha value is -3.12. The van der Waals surface area contributed by atoms with Crippen molar-refractivity contribution in [1.82, 2.24) is 4.90 Å². The van der Waals surface area contributed by atoms with Crippen LogP contribution in [0.15, 0.2) is 64.4 Å². The van der Waals surface area contributed by atoms with E-state index >= 15 is 0 Å². The van der Waals surface area contributed by atoms with Gasteiger partial charge in [0.1, 0.15) is 11.2 Å². The van der Waals surface area contributed by atoms with Crippen molar-refractivity contribution < 1.29 is 14.0 Å². The zero-order chi connectivity index (χ0) is 19.8. The van der Waals surface area contributed by atoms with Gasteiger partial charge in [0, 0.05) is 29.5 Å². The normalized spacial score (nSPS) is 17.0. The molecule has 5 nitrogen and oxygen atoms in total. The van der Waals surface area contributed by atoms with Crippen molar-refractivity contribution >= 4 is 50.8 Å². The Bertz CT molecular complexity index is 1200. The third-order valence-corrected chi connectivity index (χ3v) is 6.31. The topological polar surface area (TPSA) is 62.6 Å². The van der Waals surface area contributed by atoms with E-state index in [1.54, 1.807) is 4.90 Å². The molecule has 0 bridgehead atoms. The first-order chi connectivity index (χ1) is 14.2. The second-order valence-electron chi connectivity index (χ2n) is 7.37. The lowest BCUT2D eigenvalue weighted by Crippen LogP contribution is -2.43. The number of furan rings is 1. The molecular formula is C23H20N2O3S. The summed E-state index contributed by atoms with van der Waals surface area (Å²) < 4.78 is 5.85. The molecule has 0 spiro atoms. The lowest BCUT2D eigenvalue weighted by atomic mass is 9.96. The minimum Gasteiger partial charge on any atom is -0.456 e. The maximum Gasteiger partial charge on any atom is 0.263 e. The van der Waals surface area contributed by atoms with Crippen LogP contribution < -0.4 is 5.32 Å². The van der Waals surface area contributed by atoms with Gasteiger partial charge in [-0.1, -0.05) is 24.3 Å². The van der Waals surface area contributed by atoms with Crippen molar-refractivity contribution in [3.63, 3.8) is 0 Å². The first-order valence-electron chi connectivity index (χ1n) is 9.74. The average molecular weight is 404 g/mol. The lowest BCUT2D eigenvalue weighted by Gasteiger charge is -2.31. The molecule has 0 aliphatic carbocycles. The molecule has 29 heavy (non-hydrogen) atoms. The molecule has 1 saturated heterocycles. The summed E-state index contributed by atoms with van der Waals surface area (Å²) in [4.78, 5) is 28.0. The monoisotopic (exact) mass is 404 g/mol. The summed E-state index contributed by atoms with van der Waals surface area (Å²) in [6.07, 6.45) is 1.62. The van der Waals surface area contributed by atoms with E-state index in [0.29, 0.717) is 13.1 Å². The number of hydrogen-bond acceptors (Lipinski definition) is 4. The summed E-state index contributed by atoms with van der Waals surface area (Å²) in [5, 5.41) is 6.95. The smallest absolute Gasteiger partial charge is 0.263 e. The van der Waals surface area contributed by atoms with Crippen molar-refractivity contribution in [2.75, 3.05) is 18.4 Å². The number of para-hydroxylation sites is 1. The molecule has 2 aromatic carbocycles. The van der Waals surface area contributed by atoms with Crippen molar-refractivity contribution in [2.24, 2.45) is 5.92 Å². The molecule has 1 aliphatic heterocycles. The van der Waals surface area contributed by atoms with Gasteiger partial charge in [-0.15, -0.1) is 11.3 Å². The quantitative estimate of drug-likeness (QED) is 0.514. The van der Waals surface area contributed by atoms with Crippen LogP contribution in [0.2, 0.25) is 0 Å². The van der Waals surface area contributed by atoms with Gasteiger partial charge >= 0.3 is 0 Å². The lowest BCUT2D eigenvalue weighted by molar-refractivity contribution is -0.121. The molecule has 1 N–H and O–H groups in total. The molecule has 0 unspecified atom stereocenters. The average Bonchev–Trinajstić information content (AvgIpc) is 3.41. The van der Waals surface area contributed by atoms with Gasteiger partial charge in [-0.25, -0.2) is 0 Å². The maximum atomic E-state index is 12.9. The zero-order valence-electron chi connectivity index (χ0n) is 15.8. The molecule has 0 saturated carbocycles. The fraction of sp³-hybridized carbons (Fsp3) is 0.217. The van der Waals surface area contributed by atoms with Gasteiger partial charge < -0.3 is 14.6 Å². The Balaban J connectivity index is 1.33. The molecular weight excluding hydrogens is 384 g/mol. The molecule has 3 heterocycles. The molecule has 5 rings (SSSR count). The third-order valence-electron chi connectivity index (χ3n) is 5.46. The molecule has 2 aromatic heterocycles. The Labute approximate surface area is 171 Å². The van der Waals surface area contributed by atoms with E-state index in [0.717, 1.165) is 45.3 Å². The molecule has 0 radical (unpaired) electrons. The molecule has 146 valence electrons.